The SMILES string of the molecule is CC(NCCCN(C)C(C)C)c1ccc(F)cc1Br. The molecule has 0 aliphatic carbocycles. The molecule has 19 heavy (non-hydrogen) atoms. The molecule has 0 fully saturated rings. The lowest BCUT2D eigenvalue weighted by Gasteiger charge is -2.22. The second kappa shape index (κ2) is 7.98. The molecule has 1 aromatic rings. The first kappa shape index (κ1) is 16.6. The first-order valence-electron chi connectivity index (χ1n) is 6.80. The Balaban J connectivity index is 2.37. The van der Waals surface area contributed by atoms with Gasteiger partial charge in [-0.15, -0.1) is 0 Å². The fourth-order valence-electron chi connectivity index (χ4n) is 1.87. The number of nitrogens with zero attached hydrogens (tertiary/aromatic N) is 1. The quantitative estimate of drug-likeness (QED) is 0.761. The average molecular weight is 331 g/mol. The highest BCUT2D eigenvalue weighted by atomic mass is 79.9. The van der Waals surface area contributed by atoms with E-state index in [1.165, 1.54) is 12.1 Å². The smallest absolute Gasteiger partial charge is 0.124 e. The zero-order valence-corrected chi connectivity index (χ0v) is 13.8. The highest BCUT2D eigenvalue weighted by Gasteiger charge is 2.09. The number of rotatable bonds is 7. The van der Waals surface area contributed by atoms with Crippen molar-refractivity contribution in [2.24, 2.45) is 0 Å². The summed E-state index contributed by atoms with van der Waals surface area (Å²) >= 11 is 3.41. The maximum absolute atomic E-state index is 13.0. The van der Waals surface area contributed by atoms with Gasteiger partial charge in [0.15, 0.2) is 0 Å². The fraction of sp³-hybridized carbons (Fsp3) is 0.600. The standard InChI is InChI=1S/C15H24BrFN2/c1-11(2)19(4)9-5-8-18-12(3)14-7-6-13(17)10-15(14)16/h6-7,10-12,18H,5,8-9H2,1-4H3. The first-order valence-corrected chi connectivity index (χ1v) is 7.59. The van der Waals surface area contributed by atoms with Crippen LogP contribution in [0.15, 0.2) is 22.7 Å². The Hall–Kier alpha value is -0.450. The van der Waals surface area contributed by atoms with Crippen molar-refractivity contribution in [3.63, 3.8) is 0 Å². The molecule has 4 heteroatoms. The van der Waals surface area contributed by atoms with Crippen LogP contribution in [0.1, 0.15) is 38.8 Å². The number of hydrogen-bond acceptors (Lipinski definition) is 2. The van der Waals surface area contributed by atoms with Crippen molar-refractivity contribution in [1.82, 2.24) is 10.2 Å². The van der Waals surface area contributed by atoms with Gasteiger partial charge in [-0.3, -0.25) is 0 Å². The normalized spacial score (nSPS) is 13.3. The van der Waals surface area contributed by atoms with Crippen molar-refractivity contribution in [2.45, 2.75) is 39.3 Å². The van der Waals surface area contributed by atoms with Crippen LogP contribution < -0.4 is 5.32 Å². The lowest BCUT2D eigenvalue weighted by Crippen LogP contribution is -2.30. The third kappa shape index (κ3) is 5.59. The van der Waals surface area contributed by atoms with Crippen LogP contribution in [0.25, 0.3) is 0 Å². The molecule has 0 bridgehead atoms. The van der Waals surface area contributed by atoms with E-state index in [1.54, 1.807) is 0 Å². The monoisotopic (exact) mass is 330 g/mol. The van der Waals surface area contributed by atoms with Crippen LogP contribution in [0, 0.1) is 5.82 Å². The Labute approximate surface area is 124 Å². The van der Waals surface area contributed by atoms with Gasteiger partial charge in [-0.05, 0) is 65.0 Å². The summed E-state index contributed by atoms with van der Waals surface area (Å²) in [7, 11) is 2.14. The molecule has 108 valence electrons. The summed E-state index contributed by atoms with van der Waals surface area (Å²) in [5.41, 5.74) is 1.10. The van der Waals surface area contributed by atoms with Gasteiger partial charge < -0.3 is 10.2 Å². The van der Waals surface area contributed by atoms with E-state index < -0.39 is 0 Å². The topological polar surface area (TPSA) is 15.3 Å². The predicted molar refractivity (Wildman–Crippen MR) is 82.9 cm³/mol. The molecule has 0 spiro atoms. The van der Waals surface area contributed by atoms with E-state index in [9.17, 15) is 4.39 Å². The lowest BCUT2D eigenvalue weighted by atomic mass is 10.1. The van der Waals surface area contributed by atoms with Crippen LogP contribution in [-0.2, 0) is 0 Å². The summed E-state index contributed by atoms with van der Waals surface area (Å²) in [5.74, 6) is -0.207. The summed E-state index contributed by atoms with van der Waals surface area (Å²) in [6, 6.07) is 5.66. The Morgan fingerprint density at radius 2 is 2.00 bits per heavy atom. The Morgan fingerprint density at radius 1 is 1.32 bits per heavy atom. The van der Waals surface area contributed by atoms with E-state index in [-0.39, 0.29) is 11.9 Å². The van der Waals surface area contributed by atoms with Gasteiger partial charge >= 0.3 is 0 Å². The molecule has 0 aliphatic rings. The highest BCUT2D eigenvalue weighted by Crippen LogP contribution is 2.24. The van der Waals surface area contributed by atoms with E-state index in [1.807, 2.05) is 6.07 Å². The van der Waals surface area contributed by atoms with Crippen LogP contribution in [0.2, 0.25) is 0 Å². The zero-order valence-electron chi connectivity index (χ0n) is 12.2. The van der Waals surface area contributed by atoms with Crippen molar-refractivity contribution in [3.05, 3.63) is 34.1 Å². The second-order valence-electron chi connectivity index (χ2n) is 5.27. The van der Waals surface area contributed by atoms with E-state index in [2.05, 4.69) is 54.0 Å². The minimum Gasteiger partial charge on any atom is -0.310 e. The van der Waals surface area contributed by atoms with E-state index in [4.69, 9.17) is 0 Å². The van der Waals surface area contributed by atoms with Crippen molar-refractivity contribution < 1.29 is 4.39 Å². The summed E-state index contributed by atoms with van der Waals surface area (Å²) in [6.45, 7) is 8.55. The molecule has 2 nitrogen and oxygen atoms in total. The molecular weight excluding hydrogens is 307 g/mol. The molecule has 1 aromatic carbocycles. The molecule has 0 aliphatic heterocycles. The molecule has 0 radical (unpaired) electrons. The molecule has 1 atom stereocenters. The number of hydrogen-bond donors (Lipinski definition) is 1. The molecular formula is C15H24BrFN2. The van der Waals surface area contributed by atoms with E-state index >= 15 is 0 Å². The average Bonchev–Trinajstić information content (AvgIpc) is 2.33. The first-order chi connectivity index (χ1) is 8.91. The Bertz CT molecular complexity index is 396. The maximum atomic E-state index is 13.0. The van der Waals surface area contributed by atoms with Crippen molar-refractivity contribution in [1.29, 1.82) is 0 Å². The summed E-state index contributed by atoms with van der Waals surface area (Å²) in [5, 5.41) is 3.47. The van der Waals surface area contributed by atoms with Gasteiger partial charge in [0.1, 0.15) is 5.82 Å². The minimum atomic E-state index is -0.207. The molecule has 0 saturated heterocycles. The molecule has 1 N–H and O–H groups in total. The lowest BCUT2D eigenvalue weighted by molar-refractivity contribution is 0.268. The van der Waals surface area contributed by atoms with Gasteiger partial charge in [0.05, 0.1) is 0 Å². The highest BCUT2D eigenvalue weighted by molar-refractivity contribution is 9.10. The van der Waals surface area contributed by atoms with Gasteiger partial charge in [0.2, 0.25) is 0 Å². The van der Waals surface area contributed by atoms with Crippen molar-refractivity contribution >= 4 is 15.9 Å². The third-order valence-electron chi connectivity index (χ3n) is 3.45. The van der Waals surface area contributed by atoms with Crippen LogP contribution in [0.3, 0.4) is 0 Å². The van der Waals surface area contributed by atoms with Gasteiger partial charge in [-0.25, -0.2) is 4.39 Å². The molecule has 0 amide bonds. The summed E-state index contributed by atoms with van der Waals surface area (Å²) in [6.07, 6.45) is 1.11. The third-order valence-corrected chi connectivity index (χ3v) is 4.14. The number of nitrogens with one attached hydrogen (secondary N) is 1. The van der Waals surface area contributed by atoms with Gasteiger partial charge in [0.25, 0.3) is 0 Å². The van der Waals surface area contributed by atoms with Crippen molar-refractivity contribution in [3.8, 4) is 0 Å². The minimum absolute atomic E-state index is 0.207. The Morgan fingerprint density at radius 3 is 2.58 bits per heavy atom. The molecule has 0 heterocycles. The largest absolute Gasteiger partial charge is 0.310 e. The Kier molecular flexibility index (Phi) is 6.97. The van der Waals surface area contributed by atoms with Crippen molar-refractivity contribution in [2.75, 3.05) is 20.1 Å². The van der Waals surface area contributed by atoms with Crippen LogP contribution >= 0.6 is 15.9 Å². The van der Waals surface area contributed by atoms with Crippen LogP contribution in [0.4, 0.5) is 4.39 Å². The number of benzene rings is 1. The number of halogens is 2. The second-order valence-corrected chi connectivity index (χ2v) is 6.12. The predicted octanol–water partition coefficient (Wildman–Crippen LogP) is 3.97. The van der Waals surface area contributed by atoms with Gasteiger partial charge in [0, 0.05) is 16.6 Å². The summed E-state index contributed by atoms with van der Waals surface area (Å²) < 4.78 is 13.9. The van der Waals surface area contributed by atoms with E-state index in [0.29, 0.717) is 6.04 Å². The van der Waals surface area contributed by atoms with Gasteiger partial charge in [-0.1, -0.05) is 22.0 Å². The zero-order chi connectivity index (χ0) is 14.4. The summed E-state index contributed by atoms with van der Waals surface area (Å²) in [4.78, 5) is 2.33. The fourth-order valence-corrected chi connectivity index (χ4v) is 2.56. The maximum Gasteiger partial charge on any atom is 0.124 e. The molecule has 1 rings (SSSR count). The van der Waals surface area contributed by atoms with Crippen LogP contribution in [0.5, 0.6) is 0 Å². The van der Waals surface area contributed by atoms with E-state index in [0.717, 1.165) is 29.5 Å². The molecule has 0 aromatic heterocycles. The van der Waals surface area contributed by atoms with Gasteiger partial charge in [-0.2, -0.15) is 0 Å². The van der Waals surface area contributed by atoms with Crippen LogP contribution in [-0.4, -0.2) is 31.1 Å². The molecule has 1 unspecified atom stereocenters. The molecule has 0 saturated carbocycles.